The van der Waals surface area contributed by atoms with Crippen LogP contribution in [0.2, 0.25) is 0 Å². The van der Waals surface area contributed by atoms with Gasteiger partial charge in [0.05, 0.1) is 24.3 Å². The number of ether oxygens (including phenoxy) is 2. The standard InChI is InChI=1S/2C6H6N2O.2C5H10O5.H3O4P/c2*7-6(9)5-2-1-3-8-4-5;2*6-1-2-3(7)4(8)5(9)10-2;1-5(2,3)4/h2*1-4H,(H2,7,9);2*2-9H,1H2;(H3,1,2,3,4)/t;;2*2-,3-,4-,5?;/m..11./s1. The van der Waals surface area contributed by atoms with Crippen LogP contribution < -0.4 is 11.5 Å². The Morgan fingerprint density at radius 3 is 1.12 bits per heavy atom. The van der Waals surface area contributed by atoms with E-state index in [2.05, 4.69) is 19.4 Å². The van der Waals surface area contributed by atoms with Crippen LogP contribution in [-0.2, 0) is 14.0 Å². The van der Waals surface area contributed by atoms with Crippen LogP contribution >= 0.6 is 7.82 Å². The fraction of sp³-hybridized carbons (Fsp3) is 0.455. The van der Waals surface area contributed by atoms with Gasteiger partial charge >= 0.3 is 7.82 Å². The molecule has 2 aromatic rings. The summed E-state index contributed by atoms with van der Waals surface area (Å²) in [6, 6.07) is 6.57. The normalized spacial score (nSPS) is 27.4. The highest BCUT2D eigenvalue weighted by molar-refractivity contribution is 7.45. The van der Waals surface area contributed by atoms with Gasteiger partial charge in [0.2, 0.25) is 11.8 Å². The molecule has 15 N–H and O–H groups in total. The predicted octanol–water partition coefficient (Wildman–Crippen LogP) is -5.73. The first-order valence-electron chi connectivity index (χ1n) is 11.7. The van der Waals surface area contributed by atoms with E-state index in [1.807, 2.05) is 0 Å². The smallest absolute Gasteiger partial charge is 0.394 e. The summed E-state index contributed by atoms with van der Waals surface area (Å²) >= 11 is 0. The lowest BCUT2D eigenvalue weighted by Gasteiger charge is -2.09. The first-order valence-corrected chi connectivity index (χ1v) is 13.3. The second kappa shape index (κ2) is 20.0. The SMILES string of the molecule is NC(=O)c1cccnc1.NC(=O)c1cccnc1.O=P(O)(O)O.OC[C@H]1OC(O)[C@H](O)[C@@H]1O.OC[C@H]1OC(O)[C@H](O)[C@@H]1O. The van der Waals surface area contributed by atoms with E-state index in [-0.39, 0.29) is 0 Å². The van der Waals surface area contributed by atoms with E-state index < -0.39 is 82.1 Å². The molecule has 0 aliphatic carbocycles. The highest BCUT2D eigenvalue weighted by atomic mass is 31.2. The summed E-state index contributed by atoms with van der Waals surface area (Å²) in [6.07, 6.45) is -3.47. The van der Waals surface area contributed by atoms with Crippen molar-refractivity contribution in [3.63, 3.8) is 0 Å². The highest BCUT2D eigenvalue weighted by Crippen LogP contribution is 2.25. The van der Waals surface area contributed by atoms with E-state index in [0.29, 0.717) is 11.1 Å². The van der Waals surface area contributed by atoms with Crippen LogP contribution in [0.15, 0.2) is 49.1 Å². The molecule has 43 heavy (non-hydrogen) atoms. The van der Waals surface area contributed by atoms with Gasteiger partial charge < -0.3 is 76.5 Å². The van der Waals surface area contributed by atoms with E-state index >= 15 is 0 Å². The molecule has 2 unspecified atom stereocenters. The first-order chi connectivity index (χ1) is 19.9. The van der Waals surface area contributed by atoms with Crippen LogP contribution in [0.1, 0.15) is 20.7 Å². The third-order valence-electron chi connectivity index (χ3n) is 4.93. The van der Waals surface area contributed by atoms with Crippen molar-refractivity contribution in [3.05, 3.63) is 60.2 Å². The summed E-state index contributed by atoms with van der Waals surface area (Å²) in [7, 11) is -4.64. The minimum Gasteiger partial charge on any atom is -0.394 e. The Morgan fingerprint density at radius 2 is 1.00 bits per heavy atom. The number of nitrogens with two attached hydrogens (primary N) is 2. The maximum Gasteiger partial charge on any atom is 0.466 e. The number of carbonyl (C=O) groups is 2. The summed E-state index contributed by atoms with van der Waals surface area (Å²) in [6.45, 7) is -0.815. The van der Waals surface area contributed by atoms with Crippen LogP contribution in [-0.4, -0.2) is 140 Å². The lowest BCUT2D eigenvalue weighted by molar-refractivity contribution is -0.133. The summed E-state index contributed by atoms with van der Waals surface area (Å²) in [5, 5.41) is 69.9. The quantitative estimate of drug-likeness (QED) is 0.138. The number of hydrogen-bond donors (Lipinski definition) is 13. The Labute approximate surface area is 243 Å². The molecule has 8 atom stereocenters. The lowest BCUT2D eigenvalue weighted by Crippen LogP contribution is -2.33. The lowest BCUT2D eigenvalue weighted by atomic mass is 10.1. The second-order valence-electron chi connectivity index (χ2n) is 8.18. The van der Waals surface area contributed by atoms with E-state index in [1.165, 1.54) is 12.4 Å². The van der Waals surface area contributed by atoms with Crippen molar-refractivity contribution in [3.8, 4) is 0 Å². The molecule has 4 heterocycles. The third-order valence-corrected chi connectivity index (χ3v) is 4.93. The number of phosphoric acid groups is 1. The maximum atomic E-state index is 10.4. The number of pyridine rings is 2. The van der Waals surface area contributed by atoms with Crippen LogP contribution in [0, 0.1) is 0 Å². The van der Waals surface area contributed by atoms with E-state index in [9.17, 15) is 9.59 Å². The summed E-state index contributed by atoms with van der Waals surface area (Å²) < 4.78 is 18.0. The van der Waals surface area contributed by atoms with Gasteiger partial charge in [-0.05, 0) is 24.3 Å². The third kappa shape index (κ3) is 16.4. The van der Waals surface area contributed by atoms with Gasteiger partial charge in [-0.3, -0.25) is 19.6 Å². The van der Waals surface area contributed by atoms with E-state index in [0.717, 1.165) is 0 Å². The number of aromatic nitrogens is 2. The molecular formula is C22H35N4O16P. The molecule has 21 heteroatoms. The molecule has 0 bridgehead atoms. The molecule has 0 aromatic carbocycles. The summed E-state index contributed by atoms with van der Waals surface area (Å²) in [5.41, 5.74) is 10.8. The molecule has 0 spiro atoms. The van der Waals surface area contributed by atoms with Gasteiger partial charge in [0, 0.05) is 24.8 Å². The molecule has 4 rings (SSSR count). The Hall–Kier alpha value is -3.05. The molecule has 2 aliphatic heterocycles. The Kier molecular flexibility index (Phi) is 18.6. The Morgan fingerprint density at radius 1 is 0.698 bits per heavy atom. The number of hydrogen-bond acceptors (Lipinski definition) is 15. The number of carbonyl (C=O) groups excluding carboxylic acids is 2. The van der Waals surface area contributed by atoms with E-state index in [4.69, 9.17) is 71.6 Å². The van der Waals surface area contributed by atoms with Gasteiger partial charge in [0.15, 0.2) is 12.6 Å². The van der Waals surface area contributed by atoms with Crippen molar-refractivity contribution < 1.29 is 79.2 Å². The zero-order valence-electron chi connectivity index (χ0n) is 22.1. The van der Waals surface area contributed by atoms with Crippen molar-refractivity contribution in [2.75, 3.05) is 13.2 Å². The fourth-order valence-corrected chi connectivity index (χ4v) is 2.78. The van der Waals surface area contributed by atoms with Crippen LogP contribution in [0.5, 0.6) is 0 Å². The maximum absolute atomic E-state index is 10.4. The molecule has 2 amide bonds. The van der Waals surface area contributed by atoms with Crippen molar-refractivity contribution in [2.45, 2.75) is 49.2 Å². The van der Waals surface area contributed by atoms with Gasteiger partial charge in [-0.1, -0.05) is 0 Å². The molecule has 2 aromatic heterocycles. The minimum absolute atomic E-state index is 0.407. The highest BCUT2D eigenvalue weighted by Gasteiger charge is 2.41. The van der Waals surface area contributed by atoms with Crippen LogP contribution in [0.3, 0.4) is 0 Å². The van der Waals surface area contributed by atoms with Crippen molar-refractivity contribution in [1.82, 2.24) is 9.97 Å². The first kappa shape index (κ1) is 40.0. The van der Waals surface area contributed by atoms with Gasteiger partial charge in [-0.2, -0.15) is 0 Å². The number of nitrogens with zero attached hydrogens (tertiary/aromatic N) is 2. The molecule has 20 nitrogen and oxygen atoms in total. The molecule has 0 radical (unpaired) electrons. The van der Waals surface area contributed by atoms with Gasteiger partial charge in [0.1, 0.15) is 36.6 Å². The monoisotopic (exact) mass is 642 g/mol. The number of aliphatic hydroxyl groups is 8. The van der Waals surface area contributed by atoms with E-state index in [1.54, 1.807) is 36.7 Å². The molecule has 2 fully saturated rings. The molecule has 244 valence electrons. The van der Waals surface area contributed by atoms with Gasteiger partial charge in [-0.15, -0.1) is 0 Å². The number of primary amides is 2. The largest absolute Gasteiger partial charge is 0.466 e. The Bertz CT molecular complexity index is 1030. The Balaban J connectivity index is 0.000000521. The summed E-state index contributed by atoms with van der Waals surface area (Å²) in [5.74, 6) is -0.883. The van der Waals surface area contributed by atoms with Gasteiger partial charge in [0.25, 0.3) is 0 Å². The average Bonchev–Trinajstić information content (AvgIpc) is 3.37. The van der Waals surface area contributed by atoms with Crippen molar-refractivity contribution >= 4 is 19.6 Å². The topological polar surface area (TPSA) is 370 Å². The second-order valence-corrected chi connectivity index (χ2v) is 9.21. The van der Waals surface area contributed by atoms with Gasteiger partial charge in [-0.25, -0.2) is 4.57 Å². The zero-order valence-corrected chi connectivity index (χ0v) is 23.0. The molecule has 0 saturated carbocycles. The number of amides is 2. The van der Waals surface area contributed by atoms with Crippen LogP contribution in [0.4, 0.5) is 0 Å². The van der Waals surface area contributed by atoms with Crippen molar-refractivity contribution in [1.29, 1.82) is 0 Å². The zero-order chi connectivity index (χ0) is 33.3. The number of aliphatic hydroxyl groups excluding tert-OH is 8. The predicted molar refractivity (Wildman–Crippen MR) is 140 cm³/mol. The number of rotatable bonds is 4. The van der Waals surface area contributed by atoms with Crippen molar-refractivity contribution in [2.24, 2.45) is 11.5 Å². The molecule has 2 saturated heterocycles. The minimum atomic E-state index is -4.64. The average molecular weight is 643 g/mol. The molecular weight excluding hydrogens is 607 g/mol. The molecule has 2 aliphatic rings. The fourth-order valence-electron chi connectivity index (χ4n) is 2.78. The van der Waals surface area contributed by atoms with Crippen LogP contribution in [0.25, 0.3) is 0 Å². The summed E-state index contributed by atoms with van der Waals surface area (Å²) in [4.78, 5) is 49.7.